The minimum Gasteiger partial charge on any atom is -0.379 e. The van der Waals surface area contributed by atoms with Crippen LogP contribution in [0.5, 0.6) is 0 Å². The van der Waals surface area contributed by atoms with E-state index in [1.165, 1.54) is 5.56 Å². The molecular formula is C14H22BrNO. The topological polar surface area (TPSA) is 35.2 Å². The Morgan fingerprint density at radius 3 is 2.41 bits per heavy atom. The fourth-order valence-electron chi connectivity index (χ4n) is 1.73. The normalized spacial score (nSPS) is 13.0. The third kappa shape index (κ3) is 6.20. The Bertz CT molecular complexity index is 311. The highest BCUT2D eigenvalue weighted by Crippen LogP contribution is 2.15. The Hall–Kier alpha value is -0.380. The molecule has 0 heterocycles. The summed E-state index contributed by atoms with van der Waals surface area (Å²) < 4.78 is 6.69. The van der Waals surface area contributed by atoms with E-state index in [0.717, 1.165) is 30.5 Å². The standard InChI is InChI=1S/C14H22BrNO/c1-11(2)17-8-7-13(10-16)9-12-3-5-14(15)6-4-12/h3-6,11,13H,7-10,16H2,1-2H3. The zero-order chi connectivity index (χ0) is 12.7. The third-order valence-electron chi connectivity index (χ3n) is 2.75. The van der Waals surface area contributed by atoms with Gasteiger partial charge in [0.2, 0.25) is 0 Å². The van der Waals surface area contributed by atoms with Gasteiger partial charge in [-0.05, 0) is 56.8 Å². The molecular weight excluding hydrogens is 278 g/mol. The van der Waals surface area contributed by atoms with Crippen molar-refractivity contribution >= 4 is 15.9 Å². The molecule has 2 nitrogen and oxygen atoms in total. The van der Waals surface area contributed by atoms with Gasteiger partial charge in [-0.15, -0.1) is 0 Å². The molecule has 1 atom stereocenters. The van der Waals surface area contributed by atoms with Crippen LogP contribution in [0.2, 0.25) is 0 Å². The lowest BCUT2D eigenvalue weighted by atomic mass is 9.97. The molecule has 3 heteroatoms. The molecule has 1 rings (SSSR count). The molecule has 1 aromatic carbocycles. The fraction of sp³-hybridized carbons (Fsp3) is 0.571. The molecule has 2 N–H and O–H groups in total. The average Bonchev–Trinajstić information content (AvgIpc) is 2.30. The summed E-state index contributed by atoms with van der Waals surface area (Å²) in [6.45, 7) is 5.64. The molecule has 0 aliphatic carbocycles. The van der Waals surface area contributed by atoms with Crippen molar-refractivity contribution in [3.8, 4) is 0 Å². The Morgan fingerprint density at radius 2 is 1.88 bits per heavy atom. The van der Waals surface area contributed by atoms with Crippen LogP contribution >= 0.6 is 15.9 Å². The van der Waals surface area contributed by atoms with Crippen LogP contribution in [0.4, 0.5) is 0 Å². The van der Waals surface area contributed by atoms with Crippen molar-refractivity contribution in [1.82, 2.24) is 0 Å². The molecule has 0 fully saturated rings. The Balaban J connectivity index is 2.38. The molecule has 0 aliphatic rings. The van der Waals surface area contributed by atoms with Crippen molar-refractivity contribution < 1.29 is 4.74 Å². The zero-order valence-corrected chi connectivity index (χ0v) is 12.2. The van der Waals surface area contributed by atoms with E-state index >= 15 is 0 Å². The molecule has 17 heavy (non-hydrogen) atoms. The van der Waals surface area contributed by atoms with E-state index in [0.29, 0.717) is 12.0 Å². The van der Waals surface area contributed by atoms with E-state index in [4.69, 9.17) is 10.5 Å². The highest BCUT2D eigenvalue weighted by atomic mass is 79.9. The first kappa shape index (κ1) is 14.7. The van der Waals surface area contributed by atoms with Gasteiger partial charge < -0.3 is 10.5 Å². The van der Waals surface area contributed by atoms with Crippen LogP contribution < -0.4 is 5.73 Å². The van der Waals surface area contributed by atoms with Crippen LogP contribution in [0.3, 0.4) is 0 Å². The number of hydrogen-bond donors (Lipinski definition) is 1. The number of benzene rings is 1. The van der Waals surface area contributed by atoms with Crippen LogP contribution in [0.15, 0.2) is 28.7 Å². The van der Waals surface area contributed by atoms with Gasteiger partial charge in [0.1, 0.15) is 0 Å². The number of hydrogen-bond acceptors (Lipinski definition) is 2. The lowest BCUT2D eigenvalue weighted by molar-refractivity contribution is 0.0690. The summed E-state index contributed by atoms with van der Waals surface area (Å²) in [7, 11) is 0. The van der Waals surface area contributed by atoms with E-state index < -0.39 is 0 Å². The van der Waals surface area contributed by atoms with Crippen molar-refractivity contribution in [1.29, 1.82) is 0 Å². The monoisotopic (exact) mass is 299 g/mol. The molecule has 1 unspecified atom stereocenters. The quantitative estimate of drug-likeness (QED) is 0.838. The van der Waals surface area contributed by atoms with Crippen molar-refractivity contribution in [2.75, 3.05) is 13.2 Å². The lowest BCUT2D eigenvalue weighted by Gasteiger charge is -2.16. The predicted molar refractivity (Wildman–Crippen MR) is 76.1 cm³/mol. The van der Waals surface area contributed by atoms with E-state index in [1.807, 2.05) is 0 Å². The largest absolute Gasteiger partial charge is 0.379 e. The van der Waals surface area contributed by atoms with Gasteiger partial charge in [-0.3, -0.25) is 0 Å². The second kappa shape index (κ2) is 7.85. The van der Waals surface area contributed by atoms with Gasteiger partial charge in [-0.25, -0.2) is 0 Å². The average molecular weight is 300 g/mol. The first-order valence-electron chi connectivity index (χ1n) is 6.18. The van der Waals surface area contributed by atoms with Crippen LogP contribution in [0.1, 0.15) is 25.8 Å². The van der Waals surface area contributed by atoms with Crippen molar-refractivity contribution in [2.45, 2.75) is 32.8 Å². The Labute approximate surface area is 113 Å². The number of halogens is 1. The fourth-order valence-corrected chi connectivity index (χ4v) is 1.99. The second-order valence-electron chi connectivity index (χ2n) is 4.64. The van der Waals surface area contributed by atoms with Gasteiger partial charge in [0.25, 0.3) is 0 Å². The van der Waals surface area contributed by atoms with Crippen molar-refractivity contribution in [2.24, 2.45) is 11.7 Å². The summed E-state index contributed by atoms with van der Waals surface area (Å²) in [5.41, 5.74) is 7.14. The molecule has 0 saturated heterocycles. The van der Waals surface area contributed by atoms with Crippen LogP contribution in [0, 0.1) is 5.92 Å². The van der Waals surface area contributed by atoms with Gasteiger partial charge in [0.15, 0.2) is 0 Å². The third-order valence-corrected chi connectivity index (χ3v) is 3.28. The summed E-state index contributed by atoms with van der Waals surface area (Å²) in [5.74, 6) is 0.509. The SMILES string of the molecule is CC(C)OCCC(CN)Cc1ccc(Br)cc1. The molecule has 0 amide bonds. The summed E-state index contributed by atoms with van der Waals surface area (Å²) in [6, 6.07) is 8.45. The second-order valence-corrected chi connectivity index (χ2v) is 5.56. The highest BCUT2D eigenvalue weighted by molar-refractivity contribution is 9.10. The summed E-state index contributed by atoms with van der Waals surface area (Å²) in [5, 5.41) is 0. The van der Waals surface area contributed by atoms with E-state index in [-0.39, 0.29) is 0 Å². The maximum atomic E-state index is 5.80. The van der Waals surface area contributed by atoms with E-state index in [1.54, 1.807) is 0 Å². The molecule has 1 aromatic rings. The Kier molecular flexibility index (Phi) is 6.78. The number of nitrogens with two attached hydrogens (primary N) is 1. The number of rotatable bonds is 7. The van der Waals surface area contributed by atoms with Gasteiger partial charge >= 0.3 is 0 Å². The highest BCUT2D eigenvalue weighted by Gasteiger charge is 2.08. The molecule has 0 aliphatic heterocycles. The molecule has 0 radical (unpaired) electrons. The predicted octanol–water partition coefficient (Wildman–Crippen LogP) is 3.38. The summed E-state index contributed by atoms with van der Waals surface area (Å²) >= 11 is 3.44. The van der Waals surface area contributed by atoms with E-state index in [2.05, 4.69) is 54.0 Å². The number of ether oxygens (including phenoxy) is 1. The zero-order valence-electron chi connectivity index (χ0n) is 10.7. The lowest BCUT2D eigenvalue weighted by Crippen LogP contribution is -2.19. The summed E-state index contributed by atoms with van der Waals surface area (Å²) in [4.78, 5) is 0. The maximum Gasteiger partial charge on any atom is 0.0518 e. The van der Waals surface area contributed by atoms with Gasteiger partial charge in [-0.1, -0.05) is 28.1 Å². The molecule has 0 bridgehead atoms. The van der Waals surface area contributed by atoms with Gasteiger partial charge in [-0.2, -0.15) is 0 Å². The molecule has 0 saturated carbocycles. The van der Waals surface area contributed by atoms with Crippen LogP contribution in [-0.4, -0.2) is 19.3 Å². The maximum absolute atomic E-state index is 5.80. The van der Waals surface area contributed by atoms with Crippen molar-refractivity contribution in [3.63, 3.8) is 0 Å². The molecule has 0 spiro atoms. The first-order chi connectivity index (χ1) is 8.11. The minimum absolute atomic E-state index is 0.307. The molecule has 0 aromatic heterocycles. The van der Waals surface area contributed by atoms with Crippen molar-refractivity contribution in [3.05, 3.63) is 34.3 Å². The Morgan fingerprint density at radius 1 is 1.24 bits per heavy atom. The molecule has 96 valence electrons. The van der Waals surface area contributed by atoms with Crippen LogP contribution in [0.25, 0.3) is 0 Å². The van der Waals surface area contributed by atoms with Gasteiger partial charge in [0.05, 0.1) is 6.10 Å². The first-order valence-corrected chi connectivity index (χ1v) is 6.97. The van der Waals surface area contributed by atoms with Gasteiger partial charge in [0, 0.05) is 11.1 Å². The smallest absolute Gasteiger partial charge is 0.0518 e. The van der Waals surface area contributed by atoms with Crippen LogP contribution in [-0.2, 0) is 11.2 Å². The minimum atomic E-state index is 0.307. The summed E-state index contributed by atoms with van der Waals surface area (Å²) in [6.07, 6.45) is 2.37. The van der Waals surface area contributed by atoms with E-state index in [9.17, 15) is 0 Å².